The lowest BCUT2D eigenvalue weighted by molar-refractivity contribution is -0.150. The summed E-state index contributed by atoms with van der Waals surface area (Å²) in [6.07, 6.45) is 5.14. The highest BCUT2D eigenvalue weighted by Crippen LogP contribution is 2.35. The second-order valence-electron chi connectivity index (χ2n) is 5.25. The molecule has 1 N–H and O–H groups in total. The molecule has 0 radical (unpaired) electrons. The average molecular weight is 265 g/mol. The third-order valence-corrected chi connectivity index (χ3v) is 4.14. The number of hydrogen-bond donors (Lipinski definition) is 1. The molecule has 1 saturated heterocycles. The van der Waals surface area contributed by atoms with Crippen LogP contribution in [0, 0.1) is 0 Å². The quantitative estimate of drug-likeness (QED) is 0.856. The van der Waals surface area contributed by atoms with Crippen LogP contribution < -0.4 is 0 Å². The van der Waals surface area contributed by atoms with Crippen molar-refractivity contribution in [3.8, 4) is 0 Å². The second kappa shape index (κ2) is 5.74. The SMILES string of the molecule is CCCC1(C(=O)O)CCCN1Cc1ccnn1CC. The predicted octanol–water partition coefficient (Wildman–Crippen LogP) is 2.12. The molecule has 19 heavy (non-hydrogen) atoms. The number of rotatable bonds is 6. The van der Waals surface area contributed by atoms with Gasteiger partial charge in [0.05, 0.1) is 5.69 Å². The Morgan fingerprint density at radius 2 is 2.32 bits per heavy atom. The van der Waals surface area contributed by atoms with Gasteiger partial charge in [0.25, 0.3) is 0 Å². The van der Waals surface area contributed by atoms with Crippen molar-refractivity contribution in [2.45, 2.75) is 58.2 Å². The fourth-order valence-electron chi connectivity index (χ4n) is 3.19. The lowest BCUT2D eigenvalue weighted by Gasteiger charge is -2.34. The summed E-state index contributed by atoms with van der Waals surface area (Å²) in [4.78, 5) is 13.9. The molecule has 1 aromatic heterocycles. The summed E-state index contributed by atoms with van der Waals surface area (Å²) < 4.78 is 1.94. The van der Waals surface area contributed by atoms with Crippen molar-refractivity contribution < 1.29 is 9.90 Å². The highest BCUT2D eigenvalue weighted by molar-refractivity contribution is 5.79. The van der Waals surface area contributed by atoms with E-state index in [2.05, 4.69) is 23.8 Å². The Labute approximate surface area is 114 Å². The molecule has 1 aliphatic heterocycles. The zero-order chi connectivity index (χ0) is 13.9. The van der Waals surface area contributed by atoms with Crippen LogP contribution >= 0.6 is 0 Å². The molecule has 1 aromatic rings. The number of aromatic nitrogens is 2. The van der Waals surface area contributed by atoms with Gasteiger partial charge in [-0.1, -0.05) is 13.3 Å². The molecule has 2 heterocycles. The monoisotopic (exact) mass is 265 g/mol. The number of carboxylic acids is 1. The predicted molar refractivity (Wildman–Crippen MR) is 72.8 cm³/mol. The molecule has 0 saturated carbocycles. The van der Waals surface area contributed by atoms with Crippen LogP contribution in [0.3, 0.4) is 0 Å². The van der Waals surface area contributed by atoms with Crippen molar-refractivity contribution in [2.24, 2.45) is 0 Å². The van der Waals surface area contributed by atoms with Crippen molar-refractivity contribution >= 4 is 5.97 Å². The number of aliphatic carboxylic acids is 1. The number of nitrogens with zero attached hydrogens (tertiary/aromatic N) is 3. The molecule has 1 atom stereocenters. The summed E-state index contributed by atoms with van der Waals surface area (Å²) in [6.45, 7) is 6.47. The highest BCUT2D eigenvalue weighted by Gasteiger charge is 2.46. The van der Waals surface area contributed by atoms with E-state index in [1.54, 1.807) is 6.20 Å². The highest BCUT2D eigenvalue weighted by atomic mass is 16.4. The summed E-state index contributed by atoms with van der Waals surface area (Å²) in [5.41, 5.74) is 0.434. The number of hydrogen-bond acceptors (Lipinski definition) is 3. The Kier molecular flexibility index (Phi) is 4.24. The Morgan fingerprint density at radius 3 is 2.95 bits per heavy atom. The Hall–Kier alpha value is -1.36. The van der Waals surface area contributed by atoms with Crippen LogP contribution in [0.25, 0.3) is 0 Å². The summed E-state index contributed by atoms with van der Waals surface area (Å²) in [5.74, 6) is -0.672. The molecule has 1 fully saturated rings. The zero-order valence-electron chi connectivity index (χ0n) is 11.8. The van der Waals surface area contributed by atoms with Crippen LogP contribution in [0.1, 0.15) is 45.2 Å². The van der Waals surface area contributed by atoms with E-state index in [0.29, 0.717) is 6.54 Å². The van der Waals surface area contributed by atoms with Gasteiger partial charge in [0.15, 0.2) is 0 Å². The molecule has 1 aliphatic rings. The Bertz CT molecular complexity index is 444. The van der Waals surface area contributed by atoms with Crippen molar-refractivity contribution in [3.63, 3.8) is 0 Å². The molecule has 0 aliphatic carbocycles. The largest absolute Gasteiger partial charge is 0.480 e. The fourth-order valence-corrected chi connectivity index (χ4v) is 3.19. The standard InChI is InChI=1S/C14H23N3O2/c1-3-7-14(13(18)19)8-5-10-16(14)11-12-6-9-15-17(12)4-2/h6,9H,3-5,7-8,10-11H2,1-2H3,(H,18,19). The molecular formula is C14H23N3O2. The van der Waals surface area contributed by atoms with Crippen LogP contribution in [0.2, 0.25) is 0 Å². The maximum Gasteiger partial charge on any atom is 0.324 e. The van der Waals surface area contributed by atoms with Crippen LogP contribution in [0.4, 0.5) is 0 Å². The van der Waals surface area contributed by atoms with Gasteiger partial charge in [-0.05, 0) is 38.8 Å². The number of likely N-dealkylation sites (tertiary alicyclic amines) is 1. The van der Waals surface area contributed by atoms with Crippen molar-refractivity contribution in [2.75, 3.05) is 6.54 Å². The van der Waals surface area contributed by atoms with Crippen LogP contribution in [-0.2, 0) is 17.9 Å². The van der Waals surface area contributed by atoms with E-state index in [4.69, 9.17) is 0 Å². The summed E-state index contributed by atoms with van der Waals surface area (Å²) >= 11 is 0. The van der Waals surface area contributed by atoms with Gasteiger partial charge in [0.2, 0.25) is 0 Å². The maximum atomic E-state index is 11.7. The van der Waals surface area contributed by atoms with Crippen molar-refractivity contribution in [1.82, 2.24) is 14.7 Å². The zero-order valence-corrected chi connectivity index (χ0v) is 11.8. The van der Waals surface area contributed by atoms with E-state index >= 15 is 0 Å². The lowest BCUT2D eigenvalue weighted by Crippen LogP contribution is -2.50. The van der Waals surface area contributed by atoms with E-state index in [-0.39, 0.29) is 0 Å². The van der Waals surface area contributed by atoms with Gasteiger partial charge < -0.3 is 5.11 Å². The minimum absolute atomic E-state index is 0.669. The van der Waals surface area contributed by atoms with Gasteiger partial charge >= 0.3 is 5.97 Å². The molecule has 0 bridgehead atoms. The third-order valence-electron chi connectivity index (χ3n) is 4.14. The molecule has 2 rings (SSSR count). The normalized spacial score (nSPS) is 23.9. The van der Waals surface area contributed by atoms with Gasteiger partial charge in [0, 0.05) is 19.3 Å². The van der Waals surface area contributed by atoms with E-state index in [1.165, 1.54) is 0 Å². The number of aryl methyl sites for hydroxylation is 1. The fraction of sp³-hybridized carbons (Fsp3) is 0.714. The molecule has 5 heteroatoms. The summed E-state index contributed by atoms with van der Waals surface area (Å²) in [5, 5.41) is 13.9. The van der Waals surface area contributed by atoms with Gasteiger partial charge in [-0.25, -0.2) is 0 Å². The minimum atomic E-state index is -0.672. The molecule has 1 unspecified atom stereocenters. The lowest BCUT2D eigenvalue weighted by atomic mass is 9.90. The Balaban J connectivity index is 2.20. The molecule has 0 spiro atoms. The summed E-state index contributed by atoms with van der Waals surface area (Å²) in [6, 6.07) is 1.99. The first kappa shape index (κ1) is 14.1. The topological polar surface area (TPSA) is 58.4 Å². The van der Waals surface area contributed by atoms with Gasteiger partial charge in [0.1, 0.15) is 5.54 Å². The van der Waals surface area contributed by atoms with Crippen LogP contribution in [0.5, 0.6) is 0 Å². The average Bonchev–Trinajstić information content (AvgIpc) is 2.98. The van der Waals surface area contributed by atoms with E-state index in [9.17, 15) is 9.90 Å². The van der Waals surface area contributed by atoms with Crippen molar-refractivity contribution in [3.05, 3.63) is 18.0 Å². The van der Waals surface area contributed by atoms with Crippen LogP contribution in [0.15, 0.2) is 12.3 Å². The number of carbonyl (C=O) groups is 1. The van der Waals surface area contributed by atoms with E-state index in [0.717, 1.165) is 44.5 Å². The first-order valence-corrected chi connectivity index (χ1v) is 7.13. The molecule has 5 nitrogen and oxygen atoms in total. The second-order valence-corrected chi connectivity index (χ2v) is 5.25. The van der Waals surface area contributed by atoms with Gasteiger partial charge in [-0.2, -0.15) is 5.10 Å². The molecule has 0 aromatic carbocycles. The summed E-state index contributed by atoms with van der Waals surface area (Å²) in [7, 11) is 0. The van der Waals surface area contributed by atoms with Crippen LogP contribution in [-0.4, -0.2) is 37.8 Å². The van der Waals surface area contributed by atoms with Gasteiger partial charge in [-0.15, -0.1) is 0 Å². The smallest absolute Gasteiger partial charge is 0.324 e. The molecule has 0 amide bonds. The van der Waals surface area contributed by atoms with E-state index in [1.807, 2.05) is 10.7 Å². The van der Waals surface area contributed by atoms with E-state index < -0.39 is 11.5 Å². The molecular weight excluding hydrogens is 242 g/mol. The van der Waals surface area contributed by atoms with Crippen molar-refractivity contribution in [1.29, 1.82) is 0 Å². The molecule has 106 valence electrons. The number of carboxylic acid groups (broad SMARTS) is 1. The van der Waals surface area contributed by atoms with Gasteiger partial charge in [-0.3, -0.25) is 14.4 Å². The minimum Gasteiger partial charge on any atom is -0.480 e. The third kappa shape index (κ3) is 2.52. The maximum absolute atomic E-state index is 11.7. The first-order valence-electron chi connectivity index (χ1n) is 7.13. The Morgan fingerprint density at radius 1 is 1.53 bits per heavy atom. The first-order chi connectivity index (χ1) is 9.14.